The second-order valence-corrected chi connectivity index (χ2v) is 6.97. The minimum atomic E-state index is -0.433. The van der Waals surface area contributed by atoms with E-state index in [1.54, 1.807) is 32.4 Å². The molecule has 28 heavy (non-hydrogen) atoms. The van der Waals surface area contributed by atoms with Crippen LogP contribution < -0.4 is 24.8 Å². The van der Waals surface area contributed by atoms with Crippen molar-refractivity contribution in [2.45, 2.75) is 44.8 Å². The number of rotatable bonds is 8. The van der Waals surface area contributed by atoms with Crippen molar-refractivity contribution in [1.29, 1.82) is 0 Å². The van der Waals surface area contributed by atoms with E-state index in [2.05, 4.69) is 10.6 Å². The van der Waals surface area contributed by atoms with Crippen LogP contribution in [0.3, 0.4) is 0 Å². The van der Waals surface area contributed by atoms with E-state index < -0.39 is 6.04 Å². The van der Waals surface area contributed by atoms with E-state index in [9.17, 15) is 4.79 Å². The van der Waals surface area contributed by atoms with Gasteiger partial charge in [-0.3, -0.25) is 4.79 Å². The maximum Gasteiger partial charge on any atom is 0.246 e. The van der Waals surface area contributed by atoms with Gasteiger partial charge in [-0.15, -0.1) is 0 Å². The highest BCUT2D eigenvalue weighted by molar-refractivity contribution is 5.97. The molecule has 1 aliphatic rings. The van der Waals surface area contributed by atoms with Crippen molar-refractivity contribution in [2.24, 2.45) is 0 Å². The number of hydrogen-bond acceptors (Lipinski definition) is 5. The number of nitrogens with one attached hydrogen (secondary N) is 2. The molecule has 0 bridgehead atoms. The van der Waals surface area contributed by atoms with Crippen molar-refractivity contribution < 1.29 is 19.0 Å². The molecular weight excluding hydrogens is 356 g/mol. The number of methoxy groups -OCH3 is 2. The van der Waals surface area contributed by atoms with Gasteiger partial charge in [0.25, 0.3) is 0 Å². The zero-order valence-electron chi connectivity index (χ0n) is 16.7. The van der Waals surface area contributed by atoms with E-state index in [1.165, 1.54) is 12.8 Å². The predicted molar refractivity (Wildman–Crippen MR) is 111 cm³/mol. The summed E-state index contributed by atoms with van der Waals surface area (Å²) in [5.41, 5.74) is 1.43. The molecule has 0 saturated heterocycles. The summed E-state index contributed by atoms with van der Waals surface area (Å²) in [6.07, 6.45) is 5.08. The molecule has 6 heteroatoms. The van der Waals surface area contributed by atoms with Crippen LogP contribution >= 0.6 is 0 Å². The first-order valence-corrected chi connectivity index (χ1v) is 9.65. The van der Waals surface area contributed by atoms with Gasteiger partial charge in [-0.1, -0.05) is 0 Å². The van der Waals surface area contributed by atoms with Crippen molar-refractivity contribution in [3.8, 4) is 17.2 Å². The largest absolute Gasteiger partial charge is 0.497 e. The Morgan fingerprint density at radius 2 is 1.68 bits per heavy atom. The summed E-state index contributed by atoms with van der Waals surface area (Å²) < 4.78 is 16.5. The van der Waals surface area contributed by atoms with Gasteiger partial charge in [0.2, 0.25) is 5.91 Å². The first-order chi connectivity index (χ1) is 13.6. The van der Waals surface area contributed by atoms with Crippen LogP contribution in [0.1, 0.15) is 32.6 Å². The van der Waals surface area contributed by atoms with Crippen molar-refractivity contribution in [1.82, 2.24) is 0 Å². The monoisotopic (exact) mass is 384 g/mol. The summed E-state index contributed by atoms with van der Waals surface area (Å²) in [5.74, 6) is 1.93. The van der Waals surface area contributed by atoms with Crippen LogP contribution in [0.25, 0.3) is 0 Å². The Balaban J connectivity index is 1.58. The fourth-order valence-corrected chi connectivity index (χ4v) is 3.30. The number of hydrogen-bond donors (Lipinski definition) is 2. The summed E-state index contributed by atoms with van der Waals surface area (Å²) in [6, 6.07) is 12.6. The molecule has 0 radical (unpaired) electrons. The first kappa shape index (κ1) is 19.9. The van der Waals surface area contributed by atoms with Gasteiger partial charge in [0.15, 0.2) is 0 Å². The second kappa shape index (κ2) is 9.35. The fourth-order valence-electron chi connectivity index (χ4n) is 3.30. The molecular formula is C22H28N2O4. The van der Waals surface area contributed by atoms with Crippen molar-refractivity contribution in [3.63, 3.8) is 0 Å². The molecule has 1 saturated carbocycles. The summed E-state index contributed by atoms with van der Waals surface area (Å²) in [4.78, 5) is 12.6. The Labute approximate surface area is 166 Å². The zero-order valence-corrected chi connectivity index (χ0v) is 16.7. The van der Waals surface area contributed by atoms with E-state index in [0.717, 1.165) is 24.3 Å². The minimum absolute atomic E-state index is 0.169. The average Bonchev–Trinajstić information content (AvgIpc) is 3.22. The van der Waals surface area contributed by atoms with Gasteiger partial charge < -0.3 is 24.8 Å². The topological polar surface area (TPSA) is 68.8 Å². The molecule has 3 rings (SSSR count). The molecule has 2 aromatic carbocycles. The molecule has 0 aliphatic heterocycles. The quantitative estimate of drug-likeness (QED) is 0.703. The highest BCUT2D eigenvalue weighted by Crippen LogP contribution is 2.29. The average molecular weight is 384 g/mol. The van der Waals surface area contributed by atoms with Gasteiger partial charge in [-0.25, -0.2) is 0 Å². The Morgan fingerprint density at radius 1 is 1.00 bits per heavy atom. The fraction of sp³-hybridized carbons (Fsp3) is 0.409. The lowest BCUT2D eigenvalue weighted by atomic mass is 10.2. The van der Waals surface area contributed by atoms with E-state index in [0.29, 0.717) is 23.3 Å². The summed E-state index contributed by atoms with van der Waals surface area (Å²) in [5, 5.41) is 6.09. The van der Waals surface area contributed by atoms with Gasteiger partial charge in [0.05, 0.1) is 26.0 Å². The van der Waals surface area contributed by atoms with Crippen molar-refractivity contribution in [2.75, 3.05) is 24.9 Å². The molecule has 1 aliphatic carbocycles. The normalized spacial score (nSPS) is 15.0. The molecule has 1 fully saturated rings. The number of carbonyl (C=O) groups is 1. The van der Waals surface area contributed by atoms with Crippen LogP contribution in [0.4, 0.5) is 11.4 Å². The Kier molecular flexibility index (Phi) is 6.63. The third-order valence-electron chi connectivity index (χ3n) is 4.90. The van der Waals surface area contributed by atoms with Crippen LogP contribution in [-0.2, 0) is 4.79 Å². The van der Waals surface area contributed by atoms with E-state index >= 15 is 0 Å². The maximum absolute atomic E-state index is 12.6. The van der Waals surface area contributed by atoms with Crippen molar-refractivity contribution in [3.05, 3.63) is 42.5 Å². The van der Waals surface area contributed by atoms with Crippen LogP contribution in [0.2, 0.25) is 0 Å². The predicted octanol–water partition coefficient (Wildman–Crippen LogP) is 4.46. The Hall–Kier alpha value is -2.89. The molecule has 1 amide bonds. The highest BCUT2D eigenvalue weighted by Gasteiger charge is 2.17. The van der Waals surface area contributed by atoms with Crippen LogP contribution in [0.15, 0.2) is 42.5 Å². The molecule has 0 spiro atoms. The first-order valence-electron chi connectivity index (χ1n) is 9.65. The molecule has 1 unspecified atom stereocenters. The third kappa shape index (κ3) is 5.09. The molecule has 1 atom stereocenters. The summed E-state index contributed by atoms with van der Waals surface area (Å²) in [7, 11) is 3.14. The molecule has 6 nitrogen and oxygen atoms in total. The van der Waals surface area contributed by atoms with Gasteiger partial charge >= 0.3 is 0 Å². The maximum atomic E-state index is 12.6. The van der Waals surface area contributed by atoms with Gasteiger partial charge in [-0.2, -0.15) is 0 Å². The van der Waals surface area contributed by atoms with Gasteiger partial charge in [0.1, 0.15) is 23.3 Å². The summed E-state index contributed by atoms with van der Waals surface area (Å²) in [6.45, 7) is 1.81. The van der Waals surface area contributed by atoms with Gasteiger partial charge in [-0.05, 0) is 69.0 Å². The number of benzene rings is 2. The minimum Gasteiger partial charge on any atom is -0.497 e. The van der Waals surface area contributed by atoms with Crippen molar-refractivity contribution >= 4 is 17.3 Å². The Bertz CT molecular complexity index is 786. The molecule has 2 aromatic rings. The number of anilines is 2. The highest BCUT2D eigenvalue weighted by atomic mass is 16.5. The van der Waals surface area contributed by atoms with Crippen LogP contribution in [-0.4, -0.2) is 32.3 Å². The summed E-state index contributed by atoms with van der Waals surface area (Å²) >= 11 is 0. The molecule has 0 heterocycles. The smallest absolute Gasteiger partial charge is 0.246 e. The number of ether oxygens (including phenoxy) is 3. The second-order valence-electron chi connectivity index (χ2n) is 6.97. The van der Waals surface area contributed by atoms with Crippen LogP contribution in [0.5, 0.6) is 17.2 Å². The lowest BCUT2D eigenvalue weighted by Crippen LogP contribution is -2.32. The zero-order chi connectivity index (χ0) is 19.9. The van der Waals surface area contributed by atoms with Crippen LogP contribution in [0, 0.1) is 0 Å². The molecule has 150 valence electrons. The lowest BCUT2D eigenvalue weighted by Gasteiger charge is -2.18. The SMILES string of the molecule is COc1ccc(OC)c(NC(=O)C(C)Nc2ccc(OC3CCCC3)cc2)c1. The van der Waals surface area contributed by atoms with E-state index in [-0.39, 0.29) is 5.91 Å². The molecule has 0 aromatic heterocycles. The molecule has 2 N–H and O–H groups in total. The Morgan fingerprint density at radius 3 is 2.32 bits per heavy atom. The van der Waals surface area contributed by atoms with Gasteiger partial charge in [0, 0.05) is 11.8 Å². The third-order valence-corrected chi connectivity index (χ3v) is 4.90. The lowest BCUT2D eigenvalue weighted by molar-refractivity contribution is -0.116. The number of amides is 1. The van der Waals surface area contributed by atoms with E-state index in [1.807, 2.05) is 31.2 Å². The standard InChI is InChI=1S/C22H28N2O4/c1-15(22(25)24-20-14-19(26-2)12-13-21(20)27-3)23-16-8-10-18(11-9-16)28-17-6-4-5-7-17/h8-15,17,23H,4-7H2,1-3H3,(H,24,25). The van der Waals surface area contributed by atoms with E-state index in [4.69, 9.17) is 14.2 Å². The number of carbonyl (C=O) groups excluding carboxylic acids is 1.